The molecule has 1 aliphatic rings. The van der Waals surface area contributed by atoms with Crippen LogP contribution >= 0.6 is 11.6 Å². The Balaban J connectivity index is 2.15. The standard InChI is InChI=1S/C17H11ClF3NO4/c1-25-12-6-4-9-13(14(12)26-2)16(24)22(15(9)23)8-3-5-11(18)10(7-8)17(19,20)21/h3-7H,1-2H3. The lowest BCUT2D eigenvalue weighted by Gasteiger charge is -2.17. The second-order valence-corrected chi connectivity index (χ2v) is 5.74. The number of rotatable bonds is 3. The fourth-order valence-corrected chi connectivity index (χ4v) is 2.97. The van der Waals surface area contributed by atoms with Crippen molar-refractivity contribution in [2.24, 2.45) is 0 Å². The lowest BCUT2D eigenvalue weighted by molar-refractivity contribution is -0.137. The summed E-state index contributed by atoms with van der Waals surface area (Å²) in [6.07, 6.45) is -4.73. The van der Waals surface area contributed by atoms with Crippen LogP contribution in [0, 0.1) is 0 Å². The van der Waals surface area contributed by atoms with Gasteiger partial charge in [0.05, 0.1) is 41.6 Å². The lowest BCUT2D eigenvalue weighted by atomic mass is 10.1. The van der Waals surface area contributed by atoms with Crippen LogP contribution in [0.3, 0.4) is 0 Å². The molecular formula is C17H11ClF3NO4. The first-order valence-electron chi connectivity index (χ1n) is 7.21. The molecule has 0 saturated heterocycles. The van der Waals surface area contributed by atoms with Gasteiger partial charge in [-0.15, -0.1) is 0 Å². The second-order valence-electron chi connectivity index (χ2n) is 5.33. The Morgan fingerprint density at radius 2 is 1.69 bits per heavy atom. The Morgan fingerprint density at radius 3 is 2.27 bits per heavy atom. The maximum atomic E-state index is 13.1. The van der Waals surface area contributed by atoms with Gasteiger partial charge in [0.25, 0.3) is 11.8 Å². The van der Waals surface area contributed by atoms with E-state index in [2.05, 4.69) is 0 Å². The van der Waals surface area contributed by atoms with Crippen LogP contribution in [0.15, 0.2) is 30.3 Å². The van der Waals surface area contributed by atoms with Crippen LogP contribution in [-0.2, 0) is 6.18 Å². The quantitative estimate of drug-likeness (QED) is 0.744. The molecule has 0 fully saturated rings. The number of methoxy groups -OCH3 is 2. The van der Waals surface area contributed by atoms with E-state index < -0.39 is 28.6 Å². The van der Waals surface area contributed by atoms with E-state index in [1.807, 2.05) is 0 Å². The fourth-order valence-electron chi connectivity index (χ4n) is 2.75. The Kier molecular flexibility index (Phi) is 4.31. The molecule has 0 atom stereocenters. The zero-order valence-electron chi connectivity index (χ0n) is 13.5. The van der Waals surface area contributed by atoms with Crippen molar-refractivity contribution in [2.75, 3.05) is 19.1 Å². The SMILES string of the molecule is COc1ccc2c(c1OC)C(=O)N(c1ccc(Cl)c(C(F)(F)F)c1)C2=O. The smallest absolute Gasteiger partial charge is 0.417 e. The summed E-state index contributed by atoms with van der Waals surface area (Å²) in [7, 11) is 2.65. The van der Waals surface area contributed by atoms with Crippen molar-refractivity contribution >= 4 is 29.1 Å². The molecule has 9 heteroatoms. The minimum Gasteiger partial charge on any atom is -0.493 e. The van der Waals surface area contributed by atoms with E-state index in [4.69, 9.17) is 21.1 Å². The molecule has 0 aliphatic carbocycles. The number of fused-ring (bicyclic) bond motifs is 1. The van der Waals surface area contributed by atoms with Gasteiger partial charge in [-0.1, -0.05) is 11.6 Å². The zero-order valence-corrected chi connectivity index (χ0v) is 14.2. The molecular weight excluding hydrogens is 375 g/mol. The number of amides is 2. The fraction of sp³-hybridized carbons (Fsp3) is 0.176. The number of anilines is 1. The predicted octanol–water partition coefficient (Wildman–Crippen LogP) is 4.18. The van der Waals surface area contributed by atoms with Crippen molar-refractivity contribution in [3.05, 3.63) is 52.0 Å². The van der Waals surface area contributed by atoms with E-state index in [0.717, 1.165) is 6.07 Å². The maximum Gasteiger partial charge on any atom is 0.417 e. The summed E-state index contributed by atoms with van der Waals surface area (Å²) in [5, 5.41) is -0.530. The third-order valence-electron chi connectivity index (χ3n) is 3.91. The summed E-state index contributed by atoms with van der Waals surface area (Å²) in [5.41, 5.74) is -1.44. The van der Waals surface area contributed by atoms with Crippen molar-refractivity contribution in [3.63, 3.8) is 0 Å². The number of imide groups is 1. The third-order valence-corrected chi connectivity index (χ3v) is 4.24. The minimum atomic E-state index is -4.73. The monoisotopic (exact) mass is 385 g/mol. The first-order valence-corrected chi connectivity index (χ1v) is 7.59. The highest BCUT2D eigenvalue weighted by Crippen LogP contribution is 2.42. The number of carbonyl (C=O) groups is 2. The van der Waals surface area contributed by atoms with Gasteiger partial charge in [-0.05, 0) is 30.3 Å². The minimum absolute atomic E-state index is 0.0103. The van der Waals surface area contributed by atoms with Crippen LogP contribution in [0.5, 0.6) is 11.5 Å². The summed E-state index contributed by atoms with van der Waals surface area (Å²) in [6, 6.07) is 5.62. The lowest BCUT2D eigenvalue weighted by Crippen LogP contribution is -2.29. The highest BCUT2D eigenvalue weighted by atomic mass is 35.5. The Bertz CT molecular complexity index is 927. The van der Waals surface area contributed by atoms with Gasteiger partial charge in [0.2, 0.25) is 0 Å². The van der Waals surface area contributed by atoms with Crippen LogP contribution in [0.4, 0.5) is 18.9 Å². The number of hydrogen-bond acceptors (Lipinski definition) is 4. The van der Waals surface area contributed by atoms with Crippen LogP contribution in [0.1, 0.15) is 26.3 Å². The van der Waals surface area contributed by atoms with Crippen LogP contribution in [0.2, 0.25) is 5.02 Å². The maximum absolute atomic E-state index is 13.1. The molecule has 0 radical (unpaired) electrons. The number of halogens is 4. The number of benzene rings is 2. The molecule has 5 nitrogen and oxygen atoms in total. The molecule has 2 aromatic rings. The number of alkyl halides is 3. The Labute approximate surface area is 150 Å². The first kappa shape index (κ1) is 18.1. The topological polar surface area (TPSA) is 55.8 Å². The second kappa shape index (κ2) is 6.21. The van der Waals surface area contributed by atoms with Gasteiger partial charge >= 0.3 is 6.18 Å². The normalized spacial score (nSPS) is 13.8. The molecule has 0 spiro atoms. The van der Waals surface area contributed by atoms with E-state index in [0.29, 0.717) is 11.0 Å². The molecule has 2 amide bonds. The number of ether oxygens (including phenoxy) is 2. The van der Waals surface area contributed by atoms with Crippen molar-refractivity contribution in [2.45, 2.75) is 6.18 Å². The predicted molar refractivity (Wildman–Crippen MR) is 87.1 cm³/mol. The zero-order chi connectivity index (χ0) is 19.2. The summed E-state index contributed by atoms with van der Waals surface area (Å²) >= 11 is 5.59. The highest BCUT2D eigenvalue weighted by Gasteiger charge is 2.42. The Morgan fingerprint density at radius 1 is 1.00 bits per heavy atom. The first-order chi connectivity index (χ1) is 12.2. The molecule has 2 aromatic carbocycles. The number of hydrogen-bond donors (Lipinski definition) is 0. The van der Waals surface area contributed by atoms with E-state index >= 15 is 0 Å². The number of nitrogens with zero attached hydrogens (tertiary/aromatic N) is 1. The van der Waals surface area contributed by atoms with Crippen molar-refractivity contribution in [3.8, 4) is 11.5 Å². The average molecular weight is 386 g/mol. The molecule has 0 aromatic heterocycles. The average Bonchev–Trinajstić information content (AvgIpc) is 2.84. The largest absolute Gasteiger partial charge is 0.493 e. The molecule has 0 bridgehead atoms. The van der Waals surface area contributed by atoms with Gasteiger partial charge in [0.15, 0.2) is 11.5 Å². The van der Waals surface area contributed by atoms with Crippen LogP contribution in [0.25, 0.3) is 0 Å². The van der Waals surface area contributed by atoms with E-state index in [-0.39, 0.29) is 28.3 Å². The van der Waals surface area contributed by atoms with E-state index in [1.165, 1.54) is 32.4 Å². The molecule has 0 N–H and O–H groups in total. The highest BCUT2D eigenvalue weighted by molar-refractivity contribution is 6.36. The van der Waals surface area contributed by atoms with E-state index in [9.17, 15) is 22.8 Å². The molecule has 136 valence electrons. The number of carbonyl (C=O) groups excluding carboxylic acids is 2. The van der Waals surface area contributed by atoms with Crippen molar-refractivity contribution in [1.82, 2.24) is 0 Å². The Hall–Kier alpha value is -2.74. The molecule has 0 unspecified atom stereocenters. The van der Waals surface area contributed by atoms with E-state index in [1.54, 1.807) is 0 Å². The summed E-state index contributed by atoms with van der Waals surface area (Å²) in [4.78, 5) is 26.0. The summed E-state index contributed by atoms with van der Waals surface area (Å²) in [5.74, 6) is -1.31. The van der Waals surface area contributed by atoms with Gasteiger partial charge in [0.1, 0.15) is 0 Å². The van der Waals surface area contributed by atoms with Crippen molar-refractivity contribution in [1.29, 1.82) is 0 Å². The summed E-state index contributed by atoms with van der Waals surface area (Å²) in [6.45, 7) is 0. The molecule has 3 rings (SSSR count). The molecule has 26 heavy (non-hydrogen) atoms. The van der Waals surface area contributed by atoms with Gasteiger partial charge in [-0.2, -0.15) is 13.2 Å². The van der Waals surface area contributed by atoms with Crippen LogP contribution in [-0.4, -0.2) is 26.0 Å². The molecule has 1 heterocycles. The molecule has 0 saturated carbocycles. The van der Waals surface area contributed by atoms with Gasteiger partial charge in [0, 0.05) is 0 Å². The molecule has 1 aliphatic heterocycles. The summed E-state index contributed by atoms with van der Waals surface area (Å²) < 4.78 is 49.5. The third kappa shape index (κ3) is 2.66. The van der Waals surface area contributed by atoms with Gasteiger partial charge in [-0.3, -0.25) is 9.59 Å². The van der Waals surface area contributed by atoms with Gasteiger partial charge in [-0.25, -0.2) is 4.90 Å². The van der Waals surface area contributed by atoms with Crippen LogP contribution < -0.4 is 14.4 Å². The van der Waals surface area contributed by atoms with Gasteiger partial charge < -0.3 is 9.47 Å². The van der Waals surface area contributed by atoms with Crippen molar-refractivity contribution < 1.29 is 32.2 Å².